The molecule has 0 saturated carbocycles. The van der Waals surface area contributed by atoms with Crippen molar-refractivity contribution in [2.24, 2.45) is 0 Å². The van der Waals surface area contributed by atoms with Crippen molar-refractivity contribution in [1.82, 2.24) is 24.1 Å². The third-order valence-corrected chi connectivity index (χ3v) is 6.07. The number of imidazole rings is 1. The average Bonchev–Trinajstić information content (AvgIpc) is 3.19. The van der Waals surface area contributed by atoms with Crippen molar-refractivity contribution in [3.63, 3.8) is 0 Å². The summed E-state index contributed by atoms with van der Waals surface area (Å²) in [4.78, 5) is 21.7. The van der Waals surface area contributed by atoms with Crippen LogP contribution in [0.1, 0.15) is 29.6 Å². The lowest BCUT2D eigenvalue weighted by molar-refractivity contribution is -0.137. The fraction of sp³-hybridized carbons (Fsp3) is 0.333. The van der Waals surface area contributed by atoms with Crippen molar-refractivity contribution in [1.29, 1.82) is 0 Å². The molecule has 0 unspecified atom stereocenters. The van der Waals surface area contributed by atoms with Gasteiger partial charge in [0, 0.05) is 18.4 Å². The maximum Gasteiger partial charge on any atom is 0.416 e. The predicted octanol–water partition coefficient (Wildman–Crippen LogP) is 4.53. The largest absolute Gasteiger partial charge is 0.416 e. The number of fused-ring (bicyclic) bond motifs is 2. The van der Waals surface area contributed by atoms with Crippen molar-refractivity contribution in [2.75, 3.05) is 0 Å². The van der Waals surface area contributed by atoms with Crippen LogP contribution in [0.3, 0.4) is 0 Å². The molecule has 4 aromatic rings. The Morgan fingerprint density at radius 3 is 2.72 bits per heavy atom. The van der Waals surface area contributed by atoms with Gasteiger partial charge in [0.05, 0.1) is 22.3 Å². The number of alkyl halides is 3. The molecule has 3 heterocycles. The molecule has 6 nitrogen and oxygen atoms in total. The first kappa shape index (κ1) is 19.9. The van der Waals surface area contributed by atoms with Gasteiger partial charge in [-0.3, -0.25) is 4.79 Å². The van der Waals surface area contributed by atoms with Crippen molar-refractivity contribution in [3.8, 4) is 0 Å². The van der Waals surface area contributed by atoms with Crippen LogP contribution in [0.4, 0.5) is 13.2 Å². The number of nitrogens with zero attached hydrogens (tertiary/aromatic N) is 5. The van der Waals surface area contributed by atoms with E-state index in [0.717, 1.165) is 23.6 Å². The number of halogens is 3. The molecule has 0 saturated heterocycles. The molecule has 1 aromatic carbocycles. The first-order valence-corrected chi connectivity index (χ1v) is 10.6. The van der Waals surface area contributed by atoms with Crippen LogP contribution in [-0.4, -0.2) is 24.1 Å². The molecule has 4 rings (SSSR count). The van der Waals surface area contributed by atoms with Gasteiger partial charge in [0.1, 0.15) is 5.01 Å². The minimum Gasteiger partial charge on any atom is -0.319 e. The molecular formula is C18H16F3N5OS2. The number of aryl methyl sites for hydroxylation is 2. The van der Waals surface area contributed by atoms with Crippen molar-refractivity contribution >= 4 is 39.1 Å². The Morgan fingerprint density at radius 1 is 1.21 bits per heavy atom. The summed E-state index contributed by atoms with van der Waals surface area (Å²) >= 11 is 2.67. The first-order valence-electron chi connectivity index (χ1n) is 8.83. The maximum absolute atomic E-state index is 13.1. The average molecular weight is 439 g/mol. The van der Waals surface area contributed by atoms with E-state index in [2.05, 4.69) is 15.1 Å². The molecular weight excluding hydrogens is 423 g/mol. The van der Waals surface area contributed by atoms with Crippen molar-refractivity contribution < 1.29 is 13.2 Å². The third kappa shape index (κ3) is 3.88. The van der Waals surface area contributed by atoms with Crippen LogP contribution in [0.5, 0.6) is 0 Å². The van der Waals surface area contributed by atoms with E-state index in [-0.39, 0.29) is 5.56 Å². The molecule has 152 valence electrons. The highest BCUT2D eigenvalue weighted by atomic mass is 32.2. The third-order valence-electron chi connectivity index (χ3n) is 4.24. The van der Waals surface area contributed by atoms with Gasteiger partial charge in [-0.1, -0.05) is 30.0 Å². The van der Waals surface area contributed by atoms with Crippen molar-refractivity contribution in [2.45, 2.75) is 43.9 Å². The lowest BCUT2D eigenvalue weighted by Crippen LogP contribution is -2.15. The zero-order valence-electron chi connectivity index (χ0n) is 15.5. The SMILES string of the molecule is CCCn1c(SCc2cc(=O)n3nc(C)sc3n2)nc2ccc(C(F)(F)F)cc21. The summed E-state index contributed by atoms with van der Waals surface area (Å²) in [6, 6.07) is 5.00. The number of hydrogen-bond donors (Lipinski definition) is 0. The fourth-order valence-corrected chi connectivity index (χ4v) is 4.69. The van der Waals surface area contributed by atoms with E-state index in [0.29, 0.717) is 39.1 Å². The maximum atomic E-state index is 13.1. The van der Waals surface area contributed by atoms with Gasteiger partial charge in [-0.05, 0) is 31.5 Å². The smallest absolute Gasteiger partial charge is 0.319 e. The molecule has 29 heavy (non-hydrogen) atoms. The number of thioether (sulfide) groups is 1. The van der Waals surface area contributed by atoms with Gasteiger partial charge in [0.25, 0.3) is 5.56 Å². The molecule has 3 aromatic heterocycles. The van der Waals surface area contributed by atoms with Crippen LogP contribution in [-0.2, 0) is 18.5 Å². The Hall–Kier alpha value is -2.40. The molecule has 0 N–H and O–H groups in total. The second-order valence-electron chi connectivity index (χ2n) is 6.44. The number of hydrogen-bond acceptors (Lipinski definition) is 6. The molecule has 0 fully saturated rings. The normalized spacial score (nSPS) is 12.3. The molecule has 0 aliphatic carbocycles. The molecule has 0 aliphatic heterocycles. The summed E-state index contributed by atoms with van der Waals surface area (Å²) in [5, 5.41) is 5.45. The predicted molar refractivity (Wildman–Crippen MR) is 106 cm³/mol. The van der Waals surface area contributed by atoms with Crippen LogP contribution in [0.25, 0.3) is 16.0 Å². The van der Waals surface area contributed by atoms with E-state index in [1.54, 1.807) is 11.5 Å². The quantitative estimate of drug-likeness (QED) is 0.428. The molecule has 0 aliphatic rings. The van der Waals surface area contributed by atoms with Gasteiger partial charge in [-0.25, -0.2) is 9.97 Å². The second-order valence-corrected chi connectivity index (χ2v) is 8.54. The van der Waals surface area contributed by atoms with Gasteiger partial charge in [-0.2, -0.15) is 22.8 Å². The van der Waals surface area contributed by atoms with Crippen LogP contribution < -0.4 is 5.56 Å². The standard InChI is InChI=1S/C18H16F3N5OS2/c1-3-6-25-14-7-11(18(19,20)21)4-5-13(14)23-16(25)28-9-12-8-15(27)26-17(22-12)29-10(2)24-26/h4-5,7-8H,3,6,9H2,1-2H3. The molecule has 11 heteroatoms. The Labute approximate surface area is 171 Å². The Morgan fingerprint density at radius 2 is 2.00 bits per heavy atom. The van der Waals surface area contributed by atoms with E-state index >= 15 is 0 Å². The van der Waals surface area contributed by atoms with E-state index in [1.807, 2.05) is 6.92 Å². The van der Waals surface area contributed by atoms with Crippen LogP contribution in [0.2, 0.25) is 0 Å². The summed E-state index contributed by atoms with van der Waals surface area (Å²) in [6.45, 7) is 4.30. The summed E-state index contributed by atoms with van der Waals surface area (Å²) in [7, 11) is 0. The van der Waals surface area contributed by atoms with Gasteiger partial charge in [0.2, 0.25) is 4.96 Å². The Bertz CT molecular complexity index is 1260. The number of rotatable bonds is 5. The monoisotopic (exact) mass is 439 g/mol. The fourth-order valence-electron chi connectivity index (χ4n) is 2.99. The topological polar surface area (TPSA) is 65.1 Å². The van der Waals surface area contributed by atoms with Gasteiger partial charge in [0.15, 0.2) is 5.16 Å². The molecule has 0 spiro atoms. The number of benzene rings is 1. The summed E-state index contributed by atoms with van der Waals surface area (Å²) in [6.07, 6.45) is -3.65. The molecule has 0 atom stereocenters. The summed E-state index contributed by atoms with van der Waals surface area (Å²) < 4.78 is 42.3. The molecule has 0 amide bonds. The molecule has 0 bridgehead atoms. The van der Waals surface area contributed by atoms with E-state index in [1.165, 1.54) is 39.7 Å². The van der Waals surface area contributed by atoms with Crippen molar-refractivity contribution in [3.05, 3.63) is 50.9 Å². The van der Waals surface area contributed by atoms with E-state index < -0.39 is 11.7 Å². The van der Waals surface area contributed by atoms with Crippen LogP contribution >= 0.6 is 23.1 Å². The Balaban J connectivity index is 1.68. The van der Waals surface area contributed by atoms with Gasteiger partial charge < -0.3 is 4.57 Å². The Kier molecular flexibility index (Phi) is 5.11. The minimum atomic E-state index is -4.41. The zero-order valence-corrected chi connectivity index (χ0v) is 17.2. The highest BCUT2D eigenvalue weighted by molar-refractivity contribution is 7.98. The zero-order chi connectivity index (χ0) is 20.8. The van der Waals surface area contributed by atoms with E-state index in [9.17, 15) is 18.0 Å². The summed E-state index contributed by atoms with van der Waals surface area (Å²) in [5.41, 5.74) is 0.585. The van der Waals surface area contributed by atoms with Crippen LogP contribution in [0, 0.1) is 6.92 Å². The minimum absolute atomic E-state index is 0.258. The van der Waals surface area contributed by atoms with Crippen LogP contribution in [0.15, 0.2) is 34.2 Å². The van der Waals surface area contributed by atoms with Gasteiger partial charge >= 0.3 is 6.18 Å². The lowest BCUT2D eigenvalue weighted by Gasteiger charge is -2.09. The highest BCUT2D eigenvalue weighted by Gasteiger charge is 2.31. The number of aromatic nitrogens is 5. The van der Waals surface area contributed by atoms with Gasteiger partial charge in [-0.15, -0.1) is 0 Å². The first-order chi connectivity index (χ1) is 13.8. The van der Waals surface area contributed by atoms with E-state index in [4.69, 9.17) is 0 Å². The summed E-state index contributed by atoms with van der Waals surface area (Å²) in [5.74, 6) is 0.377. The highest BCUT2D eigenvalue weighted by Crippen LogP contribution is 2.33. The molecule has 0 radical (unpaired) electrons. The lowest BCUT2D eigenvalue weighted by atomic mass is 10.2. The second kappa shape index (κ2) is 7.45.